The molecule has 0 radical (unpaired) electrons. The average molecular weight is 908 g/mol. The number of hydrogen-bond acceptors (Lipinski definition) is 0. The van der Waals surface area contributed by atoms with Gasteiger partial charge in [0, 0.05) is 0 Å². The van der Waals surface area contributed by atoms with Gasteiger partial charge in [-0.1, -0.05) is 0 Å². The van der Waals surface area contributed by atoms with E-state index in [0.29, 0.717) is 0 Å². The van der Waals surface area contributed by atoms with Crippen LogP contribution in [0.3, 0.4) is 0 Å². The molecule has 2 fully saturated rings. The van der Waals surface area contributed by atoms with Crippen molar-refractivity contribution in [1.29, 1.82) is 0 Å². The SMILES string of the molecule is C[SiH](C)[Zr]([Cl])([Cl])([CH]1C(CC2(C)CCCC2)=Cc2c(-c3ccc(C(C)(C)C)cc3)cccc21)[CH]1C(CC2(C)CCCC2)=Cc2c(-c3ccc(C(C)(C)C)cc3)cccc21. The Kier molecular flexibility index (Phi) is 11.2. The van der Waals surface area contributed by atoms with Crippen molar-refractivity contribution in [3.63, 3.8) is 0 Å². The van der Waals surface area contributed by atoms with Gasteiger partial charge < -0.3 is 0 Å². The summed E-state index contributed by atoms with van der Waals surface area (Å²) in [4.78, 5) is 0. The Morgan fingerprint density at radius 2 is 0.897 bits per heavy atom. The summed E-state index contributed by atoms with van der Waals surface area (Å²) in [5.41, 5.74) is 17.4. The monoisotopic (exact) mass is 905 g/mol. The first-order chi connectivity index (χ1) is 27.2. The zero-order valence-corrected chi connectivity index (χ0v) is 42.4. The van der Waals surface area contributed by atoms with Crippen LogP contribution in [0.1, 0.15) is 160 Å². The third-order valence-electron chi connectivity index (χ3n) is 15.5. The van der Waals surface area contributed by atoms with E-state index in [1.165, 1.54) is 107 Å². The fourth-order valence-corrected chi connectivity index (χ4v) is 43.3. The quantitative estimate of drug-likeness (QED) is 0.147. The van der Waals surface area contributed by atoms with Gasteiger partial charge in [0.25, 0.3) is 0 Å². The number of benzene rings is 4. The minimum atomic E-state index is -5.05. The van der Waals surface area contributed by atoms with Crippen molar-refractivity contribution in [2.75, 3.05) is 0 Å². The van der Waals surface area contributed by atoms with E-state index in [1.54, 1.807) is 11.1 Å². The van der Waals surface area contributed by atoms with Crippen molar-refractivity contribution in [3.05, 3.63) is 129 Å². The minimum absolute atomic E-state index is 0.100. The molecule has 0 bridgehead atoms. The number of allylic oxidation sites excluding steroid dienone is 2. The van der Waals surface area contributed by atoms with Gasteiger partial charge in [-0.2, -0.15) is 0 Å². The molecule has 0 N–H and O–H groups in total. The summed E-state index contributed by atoms with van der Waals surface area (Å²) in [7, 11) is 18.3. The molecule has 4 aliphatic carbocycles. The van der Waals surface area contributed by atoms with E-state index in [-0.39, 0.29) is 28.9 Å². The van der Waals surface area contributed by atoms with E-state index in [4.69, 9.17) is 17.0 Å². The van der Waals surface area contributed by atoms with Crippen molar-refractivity contribution in [2.24, 2.45) is 10.8 Å². The molecule has 0 nitrogen and oxygen atoms in total. The van der Waals surface area contributed by atoms with Crippen molar-refractivity contribution in [3.8, 4) is 22.3 Å². The molecule has 0 aromatic heterocycles. The summed E-state index contributed by atoms with van der Waals surface area (Å²) < 4.78 is 0.200. The van der Waals surface area contributed by atoms with Crippen LogP contribution in [0.15, 0.2) is 96.1 Å². The standard InChI is InChI=1S/2C26H31.C2H7Si.2ClH.Zr/c2*1-25(2,3)22-12-10-20(11-13-22)23-9-7-8-21-16-19(17-24(21)23)18-26(4)14-5-6-15-26;1-3-2;;;/h2*7-13,16-17H,5-6,14-15,18H2,1-4H3;3H,1-2H3;2*1H;/q;;;;;+2/p-2. The zero-order chi connectivity index (χ0) is 41.5. The van der Waals surface area contributed by atoms with Crippen LogP contribution in [0.25, 0.3) is 34.4 Å². The van der Waals surface area contributed by atoms with Crippen LogP contribution >= 0.6 is 17.0 Å². The Bertz CT molecular complexity index is 2090. The molecule has 4 aliphatic rings. The molecule has 2 atom stereocenters. The molecule has 0 amide bonds. The maximum absolute atomic E-state index is 9.14. The van der Waals surface area contributed by atoms with E-state index < -0.39 is 21.5 Å². The van der Waals surface area contributed by atoms with Crippen LogP contribution in [0.2, 0.25) is 13.1 Å². The second kappa shape index (κ2) is 15.1. The van der Waals surface area contributed by atoms with Crippen LogP contribution in [0.4, 0.5) is 0 Å². The Labute approximate surface area is 361 Å². The summed E-state index contributed by atoms with van der Waals surface area (Å²) in [5.74, 6) is -1.73. The van der Waals surface area contributed by atoms with Gasteiger partial charge in [-0.15, -0.1) is 0 Å². The second-order valence-electron chi connectivity index (χ2n) is 22.3. The molecular formula is C54H69Cl2SiZr. The van der Waals surface area contributed by atoms with E-state index in [1.807, 2.05) is 0 Å². The second-order valence-corrected chi connectivity index (χ2v) is 64.9. The molecule has 0 spiro atoms. The summed E-state index contributed by atoms with van der Waals surface area (Å²) in [6.45, 7) is 24.0. The van der Waals surface area contributed by atoms with E-state index >= 15 is 0 Å². The molecule has 0 aliphatic heterocycles. The number of halogens is 2. The molecular weight excluding hydrogens is 839 g/mol. The third-order valence-corrected chi connectivity index (χ3v) is 67.4. The molecule has 8 rings (SSSR count). The number of hydrogen-bond donors (Lipinski definition) is 0. The molecule has 0 saturated heterocycles. The molecule has 4 aromatic rings. The molecule has 2 saturated carbocycles. The number of rotatable bonds is 9. The first-order valence-corrected chi connectivity index (χ1v) is 39.0. The van der Waals surface area contributed by atoms with Crippen molar-refractivity contribution >= 4 is 35.1 Å². The fourth-order valence-electron chi connectivity index (χ4n) is 12.0. The van der Waals surface area contributed by atoms with Crippen molar-refractivity contribution in [1.82, 2.24) is 0 Å². The predicted octanol–water partition coefficient (Wildman–Crippen LogP) is 17.1. The van der Waals surface area contributed by atoms with Crippen LogP contribution in [-0.4, -0.2) is 5.92 Å². The van der Waals surface area contributed by atoms with E-state index in [2.05, 4.69) is 166 Å². The van der Waals surface area contributed by atoms with Crippen LogP contribution in [0, 0.1) is 10.8 Å². The summed E-state index contributed by atoms with van der Waals surface area (Å²) in [5, 5.41) is 0. The molecule has 2 unspecified atom stereocenters. The summed E-state index contributed by atoms with van der Waals surface area (Å²) in [6, 6.07) is 33.0. The van der Waals surface area contributed by atoms with Crippen molar-refractivity contribution in [2.45, 2.75) is 151 Å². The van der Waals surface area contributed by atoms with Gasteiger partial charge in [-0.3, -0.25) is 0 Å². The summed E-state index contributed by atoms with van der Waals surface area (Å²) >= 11 is -5.05. The number of fused-ring (bicyclic) bond motifs is 2. The Morgan fingerprint density at radius 3 is 1.21 bits per heavy atom. The van der Waals surface area contributed by atoms with Gasteiger partial charge in [0.15, 0.2) is 0 Å². The molecule has 4 heteroatoms. The molecule has 0 heterocycles. The van der Waals surface area contributed by atoms with Gasteiger partial charge in [0.1, 0.15) is 0 Å². The topological polar surface area (TPSA) is 0 Å². The Morgan fingerprint density at radius 1 is 0.552 bits per heavy atom. The van der Waals surface area contributed by atoms with Gasteiger partial charge in [-0.25, -0.2) is 0 Å². The van der Waals surface area contributed by atoms with Gasteiger partial charge in [0.2, 0.25) is 0 Å². The third kappa shape index (κ3) is 7.54. The maximum atomic E-state index is 9.14. The van der Waals surface area contributed by atoms with Crippen LogP contribution < -0.4 is 0 Å². The average Bonchev–Trinajstić information content (AvgIpc) is 3.96. The Hall–Kier alpha value is -1.96. The molecule has 307 valence electrons. The summed E-state index contributed by atoms with van der Waals surface area (Å²) in [6.07, 6.45) is 17.9. The van der Waals surface area contributed by atoms with E-state index in [9.17, 15) is 0 Å². The Balaban J connectivity index is 1.33. The van der Waals surface area contributed by atoms with Crippen LogP contribution in [-0.2, 0) is 26.4 Å². The first-order valence-electron chi connectivity index (χ1n) is 22.7. The first kappa shape index (κ1) is 42.7. The predicted molar refractivity (Wildman–Crippen MR) is 256 cm³/mol. The van der Waals surface area contributed by atoms with Gasteiger partial charge in [-0.05, 0) is 0 Å². The van der Waals surface area contributed by atoms with Gasteiger partial charge in [0.05, 0.1) is 0 Å². The van der Waals surface area contributed by atoms with Gasteiger partial charge >= 0.3 is 364 Å². The van der Waals surface area contributed by atoms with E-state index in [0.717, 1.165) is 12.8 Å². The zero-order valence-electron chi connectivity index (χ0n) is 37.3. The molecule has 4 aromatic carbocycles. The van der Waals surface area contributed by atoms with Crippen molar-refractivity contribution < 1.29 is 15.6 Å². The fraction of sp³-hybridized carbons (Fsp3) is 0.481. The normalized spacial score (nSPS) is 22.1. The molecule has 58 heavy (non-hydrogen) atoms. The van der Waals surface area contributed by atoms with Crippen LogP contribution in [0.5, 0.6) is 0 Å².